The van der Waals surface area contributed by atoms with Crippen LogP contribution in [0.5, 0.6) is 11.5 Å². The normalized spacial score (nSPS) is 14.7. The SMILES string of the molecule is COc1cc2c(Nc3cc(CC(=O)Nc4cccc(F)c4)[nH]n3)ncnc2cc1OCCCN1CCC(COP(=O)(OC(C)(C)C)OC(C)(C)C)CC1. The lowest BCUT2D eigenvalue weighted by Gasteiger charge is -2.34. The number of rotatable bonds is 16. The van der Waals surface area contributed by atoms with E-state index in [0.717, 1.165) is 38.9 Å². The van der Waals surface area contributed by atoms with Crippen LogP contribution >= 0.6 is 7.82 Å². The summed E-state index contributed by atoms with van der Waals surface area (Å²) in [5, 5.41) is 13.7. The molecule has 2 aromatic carbocycles. The number of aromatic nitrogens is 4. The first-order valence-corrected chi connectivity index (χ1v) is 19.2. The zero-order chi connectivity index (χ0) is 38.2. The predicted octanol–water partition coefficient (Wildman–Crippen LogP) is 7.66. The van der Waals surface area contributed by atoms with E-state index in [9.17, 15) is 13.8 Å². The minimum Gasteiger partial charge on any atom is -0.493 e. The summed E-state index contributed by atoms with van der Waals surface area (Å²) in [5.41, 5.74) is 0.256. The Morgan fingerprint density at radius 1 is 1.02 bits per heavy atom. The Morgan fingerprint density at radius 3 is 2.43 bits per heavy atom. The van der Waals surface area contributed by atoms with E-state index in [-0.39, 0.29) is 18.2 Å². The molecule has 4 aromatic rings. The average molecular weight is 756 g/mol. The second-order valence-corrected chi connectivity index (χ2v) is 16.5. The van der Waals surface area contributed by atoms with Gasteiger partial charge >= 0.3 is 7.82 Å². The number of aromatic amines is 1. The number of phosphoric ester groups is 1. The van der Waals surface area contributed by atoms with Crippen molar-refractivity contribution < 1.29 is 36.8 Å². The molecule has 288 valence electrons. The standard InChI is InChI=1S/C37H51FN7O7P/c1-36(2,3)51-53(47,52-37(4,5)6)50-23-25-12-15-45(16-13-25)14-9-17-49-32-22-30-29(21-31(32)48-7)35(40-24-39-30)42-33-19-28(43-44-33)20-34(46)41-27-11-8-10-26(38)18-27/h8,10-11,18-19,21-22,24-25H,9,12-17,20,23H2,1-7H3,(H,41,46)(H2,39,40,42,43,44). The highest BCUT2D eigenvalue weighted by molar-refractivity contribution is 7.48. The molecule has 0 atom stereocenters. The van der Waals surface area contributed by atoms with Crippen molar-refractivity contribution in [2.45, 2.75) is 78.4 Å². The van der Waals surface area contributed by atoms with E-state index >= 15 is 0 Å². The Kier molecular flexibility index (Phi) is 13.1. The minimum atomic E-state index is -3.73. The molecule has 0 unspecified atom stereocenters. The molecule has 1 aliphatic heterocycles. The summed E-state index contributed by atoms with van der Waals surface area (Å²) in [7, 11) is -2.15. The van der Waals surface area contributed by atoms with Gasteiger partial charge in [0.05, 0.1) is 43.5 Å². The molecule has 1 fully saturated rings. The highest BCUT2D eigenvalue weighted by Gasteiger charge is 2.38. The van der Waals surface area contributed by atoms with E-state index in [4.69, 9.17) is 23.0 Å². The minimum absolute atomic E-state index is 0.0168. The van der Waals surface area contributed by atoms with E-state index < -0.39 is 24.8 Å². The molecule has 1 amide bonds. The molecule has 0 aliphatic carbocycles. The van der Waals surface area contributed by atoms with Gasteiger partial charge in [0.1, 0.15) is 18.0 Å². The number of benzene rings is 2. The van der Waals surface area contributed by atoms with E-state index in [1.165, 1.54) is 24.5 Å². The Hall–Kier alpha value is -4.14. The molecule has 1 saturated heterocycles. The third-order valence-electron chi connectivity index (χ3n) is 8.08. The molecule has 5 rings (SSSR count). The van der Waals surface area contributed by atoms with Crippen LogP contribution in [0.25, 0.3) is 10.9 Å². The molecule has 1 aliphatic rings. The van der Waals surface area contributed by atoms with Crippen molar-refractivity contribution in [3.05, 3.63) is 60.3 Å². The van der Waals surface area contributed by atoms with Crippen LogP contribution in [0, 0.1) is 11.7 Å². The number of piperidine rings is 1. The molecule has 0 bridgehead atoms. The molecule has 3 N–H and O–H groups in total. The average Bonchev–Trinajstić information content (AvgIpc) is 3.50. The molecule has 0 radical (unpaired) electrons. The van der Waals surface area contributed by atoms with Crippen molar-refractivity contribution in [3.63, 3.8) is 0 Å². The molecule has 3 heterocycles. The maximum Gasteiger partial charge on any atom is 0.475 e. The maximum absolute atomic E-state index is 13.5. The van der Waals surface area contributed by atoms with Crippen LogP contribution in [-0.4, -0.2) is 82.1 Å². The van der Waals surface area contributed by atoms with Crippen LogP contribution in [0.1, 0.15) is 66.5 Å². The molecule has 0 saturated carbocycles. The van der Waals surface area contributed by atoms with Crippen molar-refractivity contribution in [2.24, 2.45) is 5.92 Å². The zero-order valence-corrected chi connectivity index (χ0v) is 32.4. The molecule has 53 heavy (non-hydrogen) atoms. The summed E-state index contributed by atoms with van der Waals surface area (Å²) in [6.07, 6.45) is 4.12. The Labute approximate surface area is 310 Å². The number of nitrogens with one attached hydrogen (secondary N) is 3. The molecular weight excluding hydrogens is 704 g/mol. The van der Waals surface area contributed by atoms with Crippen molar-refractivity contribution in [1.29, 1.82) is 0 Å². The Bertz CT molecular complexity index is 1870. The van der Waals surface area contributed by atoms with Gasteiger partial charge in [0.15, 0.2) is 17.3 Å². The highest BCUT2D eigenvalue weighted by Crippen LogP contribution is 2.55. The van der Waals surface area contributed by atoms with Gasteiger partial charge in [-0.3, -0.25) is 23.5 Å². The lowest BCUT2D eigenvalue weighted by Crippen LogP contribution is -2.36. The van der Waals surface area contributed by atoms with E-state index in [1.807, 2.05) is 53.7 Å². The van der Waals surface area contributed by atoms with Crippen LogP contribution in [0.15, 0.2) is 48.8 Å². The number of ether oxygens (including phenoxy) is 2. The summed E-state index contributed by atoms with van der Waals surface area (Å²) in [6, 6.07) is 11.1. The monoisotopic (exact) mass is 755 g/mol. The smallest absolute Gasteiger partial charge is 0.475 e. The van der Waals surface area contributed by atoms with Crippen molar-refractivity contribution in [3.8, 4) is 11.5 Å². The number of phosphoric acid groups is 1. The van der Waals surface area contributed by atoms with Gasteiger partial charge in [0.25, 0.3) is 0 Å². The summed E-state index contributed by atoms with van der Waals surface area (Å²) < 4.78 is 56.1. The first-order chi connectivity index (χ1) is 25.1. The van der Waals surface area contributed by atoms with Crippen LogP contribution < -0.4 is 20.1 Å². The number of nitrogens with zero attached hydrogens (tertiary/aromatic N) is 4. The fourth-order valence-corrected chi connectivity index (χ4v) is 7.68. The fourth-order valence-electron chi connectivity index (χ4n) is 5.80. The third kappa shape index (κ3) is 12.5. The van der Waals surface area contributed by atoms with Crippen LogP contribution in [0.3, 0.4) is 0 Å². The number of H-pyrrole nitrogens is 1. The fraction of sp³-hybridized carbons (Fsp3) is 0.514. The topological polar surface area (TPSA) is 162 Å². The molecule has 16 heteroatoms. The zero-order valence-electron chi connectivity index (χ0n) is 31.5. The van der Waals surface area contributed by atoms with Gasteiger partial charge in [0, 0.05) is 35.4 Å². The van der Waals surface area contributed by atoms with Gasteiger partial charge in [-0.25, -0.2) is 18.9 Å². The van der Waals surface area contributed by atoms with E-state index in [2.05, 4.69) is 35.7 Å². The van der Waals surface area contributed by atoms with Crippen LogP contribution in [0.2, 0.25) is 0 Å². The van der Waals surface area contributed by atoms with Gasteiger partial charge in [-0.1, -0.05) is 6.07 Å². The van der Waals surface area contributed by atoms with Gasteiger partial charge < -0.3 is 25.0 Å². The number of likely N-dealkylation sites (tertiary alicyclic amines) is 1. The van der Waals surface area contributed by atoms with Gasteiger partial charge in [0.2, 0.25) is 5.91 Å². The predicted molar refractivity (Wildman–Crippen MR) is 201 cm³/mol. The van der Waals surface area contributed by atoms with Gasteiger partial charge in [-0.2, -0.15) is 5.10 Å². The second-order valence-electron chi connectivity index (χ2n) is 15.0. The number of amides is 1. The summed E-state index contributed by atoms with van der Waals surface area (Å²) >= 11 is 0. The number of halogens is 1. The number of methoxy groups -OCH3 is 1. The number of carbonyl (C=O) groups excluding carboxylic acids is 1. The Balaban J connectivity index is 1.09. The van der Waals surface area contributed by atoms with Gasteiger partial charge in [-0.15, -0.1) is 0 Å². The molecule has 14 nitrogen and oxygen atoms in total. The van der Waals surface area contributed by atoms with Crippen LogP contribution in [0.4, 0.5) is 21.7 Å². The lowest BCUT2D eigenvalue weighted by atomic mass is 9.98. The second kappa shape index (κ2) is 17.3. The van der Waals surface area contributed by atoms with Crippen molar-refractivity contribution >= 4 is 42.0 Å². The first-order valence-electron chi connectivity index (χ1n) is 17.8. The van der Waals surface area contributed by atoms with Crippen molar-refractivity contribution in [2.75, 3.05) is 50.6 Å². The van der Waals surface area contributed by atoms with Crippen molar-refractivity contribution in [1.82, 2.24) is 25.1 Å². The maximum atomic E-state index is 13.5. The van der Waals surface area contributed by atoms with Gasteiger partial charge in [-0.05, 0) is 104 Å². The largest absolute Gasteiger partial charge is 0.493 e. The number of carbonyl (C=O) groups is 1. The number of hydrogen-bond acceptors (Lipinski definition) is 12. The summed E-state index contributed by atoms with van der Waals surface area (Å²) in [4.78, 5) is 23.7. The van der Waals surface area contributed by atoms with E-state index in [0.29, 0.717) is 58.6 Å². The molecular formula is C37H51FN7O7P. The number of hydrogen-bond donors (Lipinski definition) is 3. The number of fused-ring (bicyclic) bond motifs is 1. The first kappa shape index (κ1) is 40.1. The third-order valence-corrected chi connectivity index (χ3v) is 10.1. The van der Waals surface area contributed by atoms with Crippen LogP contribution in [-0.2, 0) is 29.4 Å². The molecule has 2 aromatic heterocycles. The summed E-state index contributed by atoms with van der Waals surface area (Å²) in [5.74, 6) is 1.59. The summed E-state index contributed by atoms with van der Waals surface area (Å²) in [6.45, 7) is 14.5. The lowest BCUT2D eigenvalue weighted by molar-refractivity contribution is -0.115. The Morgan fingerprint density at radius 2 is 1.75 bits per heavy atom. The quantitative estimate of drug-likeness (QED) is 0.0757. The molecule has 0 spiro atoms. The number of anilines is 3. The van der Waals surface area contributed by atoms with E-state index in [1.54, 1.807) is 19.2 Å². The highest BCUT2D eigenvalue weighted by atomic mass is 31.2.